The minimum absolute atomic E-state index is 0.0439. The summed E-state index contributed by atoms with van der Waals surface area (Å²) in [6.45, 7) is 1.46. The highest BCUT2D eigenvalue weighted by atomic mass is 32.2. The average molecular weight is 424 g/mol. The fourth-order valence-electron chi connectivity index (χ4n) is 3.77. The Hall–Kier alpha value is -1.64. The second-order valence-electron chi connectivity index (χ2n) is 7.84. The summed E-state index contributed by atoms with van der Waals surface area (Å²) >= 11 is 0.939. The van der Waals surface area contributed by atoms with Gasteiger partial charge in [-0.05, 0) is 50.6 Å². The first-order valence-electron chi connectivity index (χ1n) is 10.6. The Labute approximate surface area is 177 Å². The van der Waals surface area contributed by atoms with E-state index in [0.717, 1.165) is 24.0 Å². The van der Waals surface area contributed by atoms with Crippen LogP contribution < -0.4 is 10.0 Å². The fraction of sp³-hybridized carbons (Fsp3) is 0.667. The molecule has 1 aromatic carbocycles. The molecule has 3 N–H and O–H groups in total. The average Bonchev–Trinajstić information content (AvgIpc) is 2.74. The van der Waals surface area contributed by atoms with E-state index in [2.05, 4.69) is 10.0 Å². The van der Waals surface area contributed by atoms with Gasteiger partial charge in [-0.25, -0.2) is 4.72 Å². The number of carboxylic acid groups (broad SMARTS) is 1. The standard InChI is InChI=1S/C12H23N.C9H10N2O4S/c1-3-7-11(8-4-1)13-12-9-5-2-6-10-12;1-6(9(12)13)10-16-8-5-3-2-4-7(8)11(14)15/h11-13H,1-10H2;2-6,10H,1H3,(H,12,13)/t;6-/m.0/s1. The van der Waals surface area contributed by atoms with Gasteiger partial charge in [-0.2, -0.15) is 0 Å². The zero-order valence-electron chi connectivity index (χ0n) is 17.1. The monoisotopic (exact) mass is 423 g/mol. The van der Waals surface area contributed by atoms with Crippen LogP contribution in [0.15, 0.2) is 29.2 Å². The van der Waals surface area contributed by atoms with E-state index >= 15 is 0 Å². The van der Waals surface area contributed by atoms with Crippen molar-refractivity contribution in [3.63, 3.8) is 0 Å². The van der Waals surface area contributed by atoms with E-state index in [9.17, 15) is 14.9 Å². The molecule has 1 atom stereocenters. The SMILES string of the molecule is C1CCC(NC2CCCCC2)CC1.C[C@H](NSc1ccccc1[N+](=O)[O-])C(=O)O. The lowest BCUT2D eigenvalue weighted by atomic mass is 9.91. The van der Waals surface area contributed by atoms with E-state index in [1.807, 2.05) is 0 Å². The van der Waals surface area contributed by atoms with Crippen LogP contribution in [0.4, 0.5) is 5.69 Å². The van der Waals surface area contributed by atoms with Gasteiger partial charge in [0.05, 0.1) is 4.92 Å². The molecule has 0 aromatic heterocycles. The Kier molecular flexibility index (Phi) is 10.5. The van der Waals surface area contributed by atoms with Gasteiger partial charge in [0.2, 0.25) is 0 Å². The lowest BCUT2D eigenvalue weighted by Gasteiger charge is -2.30. The first-order chi connectivity index (χ1) is 14.0. The van der Waals surface area contributed by atoms with Crippen molar-refractivity contribution in [3.05, 3.63) is 34.4 Å². The zero-order valence-corrected chi connectivity index (χ0v) is 18.0. The van der Waals surface area contributed by atoms with Gasteiger partial charge in [0.15, 0.2) is 0 Å². The third-order valence-corrected chi connectivity index (χ3v) is 6.50. The van der Waals surface area contributed by atoms with Gasteiger partial charge in [0.25, 0.3) is 5.69 Å². The summed E-state index contributed by atoms with van der Waals surface area (Å²) in [5.41, 5.74) is -0.0439. The molecule has 0 aliphatic heterocycles. The maximum absolute atomic E-state index is 10.6. The summed E-state index contributed by atoms with van der Waals surface area (Å²) in [4.78, 5) is 21.1. The number of rotatable bonds is 7. The number of hydrogen-bond donors (Lipinski definition) is 3. The molecule has 29 heavy (non-hydrogen) atoms. The van der Waals surface area contributed by atoms with Crippen molar-refractivity contribution in [1.82, 2.24) is 10.0 Å². The van der Waals surface area contributed by atoms with Crippen LogP contribution in [0.1, 0.15) is 71.1 Å². The number of nitro groups is 1. The normalized spacial score (nSPS) is 19.1. The van der Waals surface area contributed by atoms with Crippen molar-refractivity contribution in [2.45, 2.75) is 94.2 Å². The quantitative estimate of drug-likeness (QED) is 0.325. The van der Waals surface area contributed by atoms with E-state index in [0.29, 0.717) is 4.90 Å². The molecule has 1 aromatic rings. The molecule has 0 saturated heterocycles. The van der Waals surface area contributed by atoms with E-state index < -0.39 is 16.9 Å². The molecule has 2 saturated carbocycles. The second kappa shape index (κ2) is 12.8. The molecule has 2 fully saturated rings. The number of hydrogen-bond acceptors (Lipinski definition) is 6. The highest BCUT2D eigenvalue weighted by Crippen LogP contribution is 2.26. The second-order valence-corrected chi connectivity index (χ2v) is 8.72. The van der Waals surface area contributed by atoms with Crippen molar-refractivity contribution >= 4 is 23.6 Å². The summed E-state index contributed by atoms with van der Waals surface area (Å²) < 4.78 is 2.61. The van der Waals surface area contributed by atoms with Crippen molar-refractivity contribution < 1.29 is 14.8 Å². The highest BCUT2D eigenvalue weighted by molar-refractivity contribution is 7.97. The van der Waals surface area contributed by atoms with Crippen LogP contribution in [-0.4, -0.2) is 34.1 Å². The lowest BCUT2D eigenvalue weighted by molar-refractivity contribution is -0.387. The number of aliphatic carboxylic acids is 1. The van der Waals surface area contributed by atoms with Crippen LogP contribution in [0, 0.1) is 10.1 Å². The van der Waals surface area contributed by atoms with Gasteiger partial charge < -0.3 is 10.4 Å². The summed E-state index contributed by atoms with van der Waals surface area (Å²) in [6, 6.07) is 7.11. The molecular formula is C21H33N3O4S. The summed E-state index contributed by atoms with van der Waals surface area (Å²) in [5.74, 6) is -1.01. The lowest BCUT2D eigenvalue weighted by Crippen LogP contribution is -2.40. The van der Waals surface area contributed by atoms with E-state index in [1.165, 1.54) is 77.2 Å². The number of para-hydroxylation sites is 1. The largest absolute Gasteiger partial charge is 0.480 e. The van der Waals surface area contributed by atoms with Crippen molar-refractivity contribution in [2.75, 3.05) is 0 Å². The molecule has 162 valence electrons. The molecule has 0 unspecified atom stereocenters. The molecule has 0 heterocycles. The smallest absolute Gasteiger partial charge is 0.321 e. The molecular weight excluding hydrogens is 390 g/mol. The Bertz CT molecular complexity index is 631. The number of benzene rings is 1. The van der Waals surface area contributed by atoms with E-state index in [1.54, 1.807) is 18.2 Å². The molecule has 0 radical (unpaired) electrons. The highest BCUT2D eigenvalue weighted by Gasteiger charge is 2.19. The number of nitro benzene ring substituents is 1. The van der Waals surface area contributed by atoms with Crippen LogP contribution in [0.25, 0.3) is 0 Å². The third kappa shape index (κ3) is 8.72. The van der Waals surface area contributed by atoms with Gasteiger partial charge in [-0.1, -0.05) is 50.7 Å². The molecule has 8 heteroatoms. The molecule has 2 aliphatic carbocycles. The van der Waals surface area contributed by atoms with Gasteiger partial charge in [0, 0.05) is 18.2 Å². The number of nitrogens with zero attached hydrogens (tertiary/aromatic N) is 1. The van der Waals surface area contributed by atoms with Gasteiger partial charge >= 0.3 is 5.97 Å². The Morgan fingerprint density at radius 2 is 1.59 bits per heavy atom. The van der Waals surface area contributed by atoms with Crippen LogP contribution >= 0.6 is 11.9 Å². The number of nitrogens with one attached hydrogen (secondary N) is 2. The first-order valence-corrected chi connectivity index (χ1v) is 11.4. The fourth-order valence-corrected chi connectivity index (χ4v) is 4.57. The molecule has 0 bridgehead atoms. The third-order valence-electron chi connectivity index (χ3n) is 5.46. The maximum Gasteiger partial charge on any atom is 0.321 e. The van der Waals surface area contributed by atoms with E-state index in [4.69, 9.17) is 5.11 Å². The molecule has 0 spiro atoms. The minimum Gasteiger partial charge on any atom is -0.480 e. The van der Waals surface area contributed by atoms with Crippen LogP contribution in [0.2, 0.25) is 0 Å². The Morgan fingerprint density at radius 3 is 2.07 bits per heavy atom. The van der Waals surface area contributed by atoms with Crippen LogP contribution in [0.5, 0.6) is 0 Å². The predicted molar refractivity (Wildman–Crippen MR) is 116 cm³/mol. The van der Waals surface area contributed by atoms with E-state index in [-0.39, 0.29) is 5.69 Å². The van der Waals surface area contributed by atoms with Crippen molar-refractivity contribution in [2.24, 2.45) is 0 Å². The summed E-state index contributed by atoms with van der Waals surface area (Å²) in [6.07, 6.45) is 14.6. The Morgan fingerprint density at radius 1 is 1.07 bits per heavy atom. The van der Waals surface area contributed by atoms with Crippen molar-refractivity contribution in [1.29, 1.82) is 0 Å². The minimum atomic E-state index is -1.01. The van der Waals surface area contributed by atoms with Crippen LogP contribution in [0.3, 0.4) is 0 Å². The topological polar surface area (TPSA) is 105 Å². The maximum atomic E-state index is 10.6. The summed E-state index contributed by atoms with van der Waals surface area (Å²) in [5, 5.41) is 23.1. The molecule has 3 rings (SSSR count). The summed E-state index contributed by atoms with van der Waals surface area (Å²) in [7, 11) is 0. The van der Waals surface area contributed by atoms with Gasteiger partial charge in [-0.15, -0.1) is 0 Å². The molecule has 2 aliphatic rings. The van der Waals surface area contributed by atoms with Gasteiger partial charge in [-0.3, -0.25) is 14.9 Å². The first kappa shape index (κ1) is 23.6. The van der Waals surface area contributed by atoms with Gasteiger partial charge in [0.1, 0.15) is 10.9 Å². The zero-order chi connectivity index (χ0) is 21.1. The Balaban J connectivity index is 0.000000211. The van der Waals surface area contributed by atoms with Crippen molar-refractivity contribution in [3.8, 4) is 0 Å². The predicted octanol–water partition coefficient (Wildman–Crippen LogP) is 4.91. The van der Waals surface area contributed by atoms with Crippen LogP contribution in [-0.2, 0) is 4.79 Å². The number of carbonyl (C=O) groups is 1. The molecule has 0 amide bonds. The number of carboxylic acids is 1. The molecule has 7 nitrogen and oxygen atoms in total.